The Balaban J connectivity index is 0.000000204. The molecule has 2 aromatic heterocycles. The van der Waals surface area contributed by atoms with E-state index in [2.05, 4.69) is 39.7 Å². The number of carbonyl (C=O) groups excluding carboxylic acids is 1. The van der Waals surface area contributed by atoms with E-state index in [1.165, 1.54) is 36.6 Å². The number of anilines is 1. The van der Waals surface area contributed by atoms with Crippen molar-refractivity contribution in [3.05, 3.63) is 29.3 Å². The largest absolute Gasteiger partial charge is 0.373 e. The highest BCUT2D eigenvalue weighted by Crippen LogP contribution is 2.40. The number of halogens is 1. The van der Waals surface area contributed by atoms with Crippen LogP contribution in [0.4, 0.5) is 10.2 Å². The first-order chi connectivity index (χ1) is 13.8. The second-order valence-corrected chi connectivity index (χ2v) is 8.81. The molecule has 0 aromatic carbocycles. The predicted molar refractivity (Wildman–Crippen MR) is 113 cm³/mol. The van der Waals surface area contributed by atoms with Gasteiger partial charge in [-0.15, -0.1) is 0 Å². The Hall–Kier alpha value is -2.44. The quantitative estimate of drug-likeness (QED) is 0.677. The Morgan fingerprint density at radius 3 is 2.55 bits per heavy atom. The summed E-state index contributed by atoms with van der Waals surface area (Å²) in [5.41, 5.74) is 4.24. The molecule has 0 unspecified atom stereocenters. The number of aromatic amines is 1. The molecule has 158 valence electrons. The minimum atomic E-state index is -0.490. The number of nitrogens with one attached hydrogen (secondary N) is 3. The fraction of sp³-hybridized carbons (Fsp3) is 0.591. The fourth-order valence-corrected chi connectivity index (χ4v) is 4.33. The van der Waals surface area contributed by atoms with Gasteiger partial charge in [-0.1, -0.05) is 33.1 Å². The smallest absolute Gasteiger partial charge is 0.222 e. The third-order valence-electron chi connectivity index (χ3n) is 5.81. The van der Waals surface area contributed by atoms with Crippen LogP contribution in [0.15, 0.2) is 12.1 Å². The van der Waals surface area contributed by atoms with E-state index in [0.29, 0.717) is 11.7 Å². The van der Waals surface area contributed by atoms with Crippen LogP contribution >= 0.6 is 0 Å². The maximum Gasteiger partial charge on any atom is 0.222 e. The Labute approximate surface area is 172 Å². The molecule has 3 N–H and O–H groups in total. The van der Waals surface area contributed by atoms with Crippen LogP contribution in [0.5, 0.6) is 0 Å². The minimum absolute atomic E-state index is 0.236. The van der Waals surface area contributed by atoms with Crippen LogP contribution in [0.25, 0.3) is 11.3 Å². The summed E-state index contributed by atoms with van der Waals surface area (Å²) in [6.45, 7) is 4.47. The summed E-state index contributed by atoms with van der Waals surface area (Å²) in [6.07, 6.45) is 7.93. The Morgan fingerprint density at radius 2 is 1.90 bits per heavy atom. The number of fused-ring (bicyclic) bond motifs is 1. The third kappa shape index (κ3) is 5.14. The first-order valence-corrected chi connectivity index (χ1v) is 10.5. The normalized spacial score (nSPS) is 17.8. The lowest BCUT2D eigenvalue weighted by molar-refractivity contribution is -0.125. The molecule has 1 fully saturated rings. The number of amides is 1. The monoisotopic (exact) mass is 401 g/mol. The van der Waals surface area contributed by atoms with E-state index < -0.39 is 5.95 Å². The number of pyridine rings is 1. The standard InChI is InChI=1S/C14H17FN4.C8H15NO/c1-14(2)6-9-10(7-14)18-19-13(9)8-4-11(15)17-12(5-8)16-3;1-9-8(10)7-5-3-2-4-6-7/h4-5H,6-7H2,1-3H3,(H,16,17)(H,18,19);7H,2-6H2,1H3,(H,9,10). The van der Waals surface area contributed by atoms with Crippen LogP contribution in [-0.2, 0) is 17.6 Å². The second-order valence-electron chi connectivity index (χ2n) is 8.81. The molecule has 2 heterocycles. The molecular formula is C22H32FN5O. The van der Waals surface area contributed by atoms with Crippen molar-refractivity contribution in [2.75, 3.05) is 19.4 Å². The van der Waals surface area contributed by atoms with Gasteiger partial charge in [0.05, 0.1) is 5.69 Å². The molecule has 0 spiro atoms. The number of hydrogen-bond donors (Lipinski definition) is 3. The average molecular weight is 402 g/mol. The van der Waals surface area contributed by atoms with Crippen molar-refractivity contribution < 1.29 is 9.18 Å². The summed E-state index contributed by atoms with van der Waals surface area (Å²) >= 11 is 0. The number of aromatic nitrogens is 3. The molecule has 6 nitrogen and oxygen atoms in total. The second kappa shape index (κ2) is 8.93. The molecule has 4 rings (SSSR count). The van der Waals surface area contributed by atoms with Gasteiger partial charge < -0.3 is 10.6 Å². The molecule has 0 atom stereocenters. The highest BCUT2D eigenvalue weighted by molar-refractivity contribution is 5.78. The summed E-state index contributed by atoms with van der Waals surface area (Å²) in [7, 11) is 3.45. The van der Waals surface area contributed by atoms with E-state index in [9.17, 15) is 9.18 Å². The van der Waals surface area contributed by atoms with Gasteiger partial charge in [-0.2, -0.15) is 9.49 Å². The van der Waals surface area contributed by atoms with Crippen molar-refractivity contribution in [2.45, 2.75) is 58.8 Å². The summed E-state index contributed by atoms with van der Waals surface area (Å²) in [5, 5.41) is 13.0. The molecule has 29 heavy (non-hydrogen) atoms. The molecule has 1 amide bonds. The molecule has 1 saturated carbocycles. The Morgan fingerprint density at radius 1 is 1.17 bits per heavy atom. The Bertz CT molecular complexity index is 855. The van der Waals surface area contributed by atoms with Crippen molar-refractivity contribution in [2.24, 2.45) is 11.3 Å². The van der Waals surface area contributed by atoms with Crippen molar-refractivity contribution in [3.63, 3.8) is 0 Å². The van der Waals surface area contributed by atoms with Gasteiger partial charge in [0.15, 0.2) is 0 Å². The van der Waals surface area contributed by atoms with Gasteiger partial charge in [0.1, 0.15) is 5.82 Å². The van der Waals surface area contributed by atoms with Crippen LogP contribution < -0.4 is 10.6 Å². The fourth-order valence-electron chi connectivity index (χ4n) is 4.33. The van der Waals surface area contributed by atoms with E-state index in [4.69, 9.17) is 0 Å². The molecule has 0 aliphatic heterocycles. The highest BCUT2D eigenvalue weighted by atomic mass is 19.1. The van der Waals surface area contributed by atoms with E-state index >= 15 is 0 Å². The minimum Gasteiger partial charge on any atom is -0.373 e. The summed E-state index contributed by atoms with van der Waals surface area (Å²) in [6, 6.07) is 3.26. The number of nitrogens with zero attached hydrogens (tertiary/aromatic N) is 2. The van der Waals surface area contributed by atoms with Crippen LogP contribution in [0.3, 0.4) is 0 Å². The van der Waals surface area contributed by atoms with E-state index in [0.717, 1.165) is 36.9 Å². The first-order valence-electron chi connectivity index (χ1n) is 10.5. The molecular weight excluding hydrogens is 369 g/mol. The van der Waals surface area contributed by atoms with Crippen LogP contribution in [-0.4, -0.2) is 35.2 Å². The maximum atomic E-state index is 13.5. The van der Waals surface area contributed by atoms with Crippen LogP contribution in [0.2, 0.25) is 0 Å². The highest BCUT2D eigenvalue weighted by Gasteiger charge is 2.32. The van der Waals surface area contributed by atoms with Crippen molar-refractivity contribution in [1.82, 2.24) is 20.5 Å². The van der Waals surface area contributed by atoms with Gasteiger partial charge in [-0.3, -0.25) is 9.89 Å². The zero-order valence-electron chi connectivity index (χ0n) is 17.9. The van der Waals surface area contributed by atoms with Crippen LogP contribution in [0.1, 0.15) is 57.2 Å². The van der Waals surface area contributed by atoms with Gasteiger partial charge >= 0.3 is 0 Å². The Kier molecular flexibility index (Phi) is 6.55. The topological polar surface area (TPSA) is 82.7 Å². The average Bonchev–Trinajstić information content (AvgIpc) is 3.22. The lowest BCUT2D eigenvalue weighted by Crippen LogP contribution is -2.28. The lowest BCUT2D eigenvalue weighted by Gasteiger charge is -2.19. The van der Waals surface area contributed by atoms with Crippen molar-refractivity contribution in [3.8, 4) is 11.3 Å². The predicted octanol–water partition coefficient (Wildman–Crippen LogP) is 4.09. The van der Waals surface area contributed by atoms with Crippen molar-refractivity contribution in [1.29, 1.82) is 0 Å². The lowest BCUT2D eigenvalue weighted by atomic mass is 9.89. The summed E-state index contributed by atoms with van der Waals surface area (Å²) in [4.78, 5) is 14.8. The molecule has 7 heteroatoms. The molecule has 2 aliphatic carbocycles. The first kappa shape index (κ1) is 21.3. The number of H-pyrrole nitrogens is 1. The maximum absolute atomic E-state index is 13.5. The SMILES string of the molecule is CNC(=O)C1CCCCC1.CNc1cc(-c2n[nH]c3c2CC(C)(C)C3)cc(F)n1. The summed E-state index contributed by atoms with van der Waals surface area (Å²) in [5.74, 6) is 0.582. The van der Waals surface area contributed by atoms with Gasteiger partial charge in [-0.05, 0) is 37.2 Å². The van der Waals surface area contributed by atoms with Crippen LogP contribution in [0, 0.1) is 17.3 Å². The van der Waals surface area contributed by atoms with Gasteiger partial charge in [0.25, 0.3) is 0 Å². The number of hydrogen-bond acceptors (Lipinski definition) is 4. The molecule has 2 aromatic rings. The summed E-state index contributed by atoms with van der Waals surface area (Å²) < 4.78 is 13.5. The molecule has 0 radical (unpaired) electrons. The zero-order valence-corrected chi connectivity index (χ0v) is 17.9. The zero-order chi connectivity index (χ0) is 21.0. The van der Waals surface area contributed by atoms with Crippen molar-refractivity contribution >= 4 is 11.7 Å². The molecule has 0 saturated heterocycles. The van der Waals surface area contributed by atoms with Gasteiger partial charge in [-0.25, -0.2) is 4.98 Å². The molecule has 2 aliphatic rings. The molecule has 0 bridgehead atoms. The number of rotatable bonds is 3. The van der Waals surface area contributed by atoms with E-state index in [1.54, 1.807) is 14.1 Å². The number of carbonyl (C=O) groups is 1. The van der Waals surface area contributed by atoms with E-state index in [-0.39, 0.29) is 11.3 Å². The van der Waals surface area contributed by atoms with Gasteiger partial charge in [0, 0.05) is 42.9 Å². The van der Waals surface area contributed by atoms with E-state index in [1.807, 2.05) is 6.07 Å². The van der Waals surface area contributed by atoms with Gasteiger partial charge in [0.2, 0.25) is 11.9 Å². The third-order valence-corrected chi connectivity index (χ3v) is 5.81.